The molecule has 2 heterocycles. The highest BCUT2D eigenvalue weighted by molar-refractivity contribution is 5.86. The van der Waals surface area contributed by atoms with Crippen molar-refractivity contribution in [2.24, 2.45) is 12.1 Å². The third-order valence-electron chi connectivity index (χ3n) is 4.62. The second kappa shape index (κ2) is 7.22. The number of nitrogens with zero attached hydrogens (tertiary/aromatic N) is 4. The molecular weight excluding hydrogens is 314 g/mol. The maximum Gasteiger partial charge on any atom is 0.259 e. The summed E-state index contributed by atoms with van der Waals surface area (Å²) in [4.78, 5) is 14.3. The Morgan fingerprint density at radius 3 is 3.00 bits per heavy atom. The number of benzene rings is 1. The number of anilines is 1. The molecule has 1 amide bonds. The van der Waals surface area contributed by atoms with Crippen LogP contribution in [0.3, 0.4) is 0 Å². The molecule has 0 saturated heterocycles. The Labute approximate surface area is 147 Å². The Balaban J connectivity index is 1.62. The number of hydrogen-bond acceptors (Lipinski definition) is 4. The molecule has 1 aromatic carbocycles. The van der Waals surface area contributed by atoms with Gasteiger partial charge in [0.1, 0.15) is 11.8 Å². The van der Waals surface area contributed by atoms with Crippen LogP contribution in [-0.2, 0) is 18.3 Å². The van der Waals surface area contributed by atoms with Crippen molar-refractivity contribution in [3.05, 3.63) is 52.8 Å². The minimum atomic E-state index is -0.151. The van der Waals surface area contributed by atoms with E-state index in [1.807, 2.05) is 26.1 Å². The summed E-state index contributed by atoms with van der Waals surface area (Å²) in [5, 5.41) is 13.1. The van der Waals surface area contributed by atoms with Gasteiger partial charge in [-0.1, -0.05) is 18.2 Å². The monoisotopic (exact) mass is 335 g/mol. The van der Waals surface area contributed by atoms with Gasteiger partial charge in [-0.25, -0.2) is 5.43 Å². The van der Waals surface area contributed by atoms with Gasteiger partial charge in [-0.3, -0.25) is 4.79 Å². The predicted molar refractivity (Wildman–Crippen MR) is 97.6 cm³/mol. The Morgan fingerprint density at radius 1 is 1.44 bits per heavy atom. The topological polar surface area (TPSA) is 73.4 Å². The van der Waals surface area contributed by atoms with Crippen molar-refractivity contribution in [2.75, 3.05) is 18.0 Å². The predicted octanol–water partition coefficient (Wildman–Crippen LogP) is 2.11. The Kier molecular flexibility index (Phi) is 4.85. The maximum absolute atomic E-state index is 12.2. The van der Waals surface area contributed by atoms with Crippen LogP contribution in [0, 0.1) is 18.3 Å². The molecule has 1 aromatic heterocycles. The van der Waals surface area contributed by atoms with Crippen molar-refractivity contribution in [1.82, 2.24) is 9.99 Å². The number of hydrazone groups is 1. The molecule has 0 spiro atoms. The number of aryl methyl sites for hydroxylation is 1. The molecular formula is C19H21N5O. The summed E-state index contributed by atoms with van der Waals surface area (Å²) in [5.41, 5.74) is 7.31. The second-order valence-electron chi connectivity index (χ2n) is 6.19. The largest absolute Gasteiger partial charge is 0.362 e. The number of para-hydroxylation sites is 1. The van der Waals surface area contributed by atoms with Gasteiger partial charge < -0.3 is 9.47 Å². The molecule has 0 bridgehead atoms. The fraction of sp³-hybridized carbons (Fsp3) is 0.316. The number of carbonyl (C=O) groups excluding carboxylic acids is 1. The fourth-order valence-electron chi connectivity index (χ4n) is 3.12. The molecule has 0 aliphatic carbocycles. The standard InChI is InChI=1S/C19H21N5O/c1-14-16(10-17(11-20)23(14)2)12-21-22-19(25)13-24-9-5-7-15-6-3-4-8-18(15)24/h3-4,6,8,10,12H,5,7,9,13H2,1-2H3,(H,22,25). The smallest absolute Gasteiger partial charge is 0.259 e. The zero-order valence-corrected chi connectivity index (χ0v) is 14.5. The lowest BCUT2D eigenvalue weighted by Gasteiger charge is -2.30. The van der Waals surface area contributed by atoms with E-state index in [1.54, 1.807) is 16.8 Å². The highest BCUT2D eigenvalue weighted by atomic mass is 16.2. The lowest BCUT2D eigenvalue weighted by molar-refractivity contribution is -0.119. The number of carbonyl (C=O) groups is 1. The van der Waals surface area contributed by atoms with Gasteiger partial charge in [0.25, 0.3) is 5.91 Å². The summed E-state index contributed by atoms with van der Waals surface area (Å²) in [5.74, 6) is -0.151. The molecule has 25 heavy (non-hydrogen) atoms. The second-order valence-corrected chi connectivity index (χ2v) is 6.19. The molecule has 1 aliphatic heterocycles. The molecule has 2 aromatic rings. The molecule has 6 nitrogen and oxygen atoms in total. The van der Waals surface area contributed by atoms with Crippen molar-refractivity contribution in [3.8, 4) is 6.07 Å². The van der Waals surface area contributed by atoms with Crippen LogP contribution >= 0.6 is 0 Å². The summed E-state index contributed by atoms with van der Waals surface area (Å²) in [7, 11) is 1.83. The first-order valence-electron chi connectivity index (χ1n) is 8.31. The van der Waals surface area contributed by atoms with Crippen LogP contribution in [-0.4, -0.2) is 29.8 Å². The van der Waals surface area contributed by atoms with Crippen molar-refractivity contribution in [2.45, 2.75) is 19.8 Å². The van der Waals surface area contributed by atoms with Crippen LogP contribution in [0.2, 0.25) is 0 Å². The Hall–Kier alpha value is -3.07. The number of nitrogens with one attached hydrogen (secondary N) is 1. The van der Waals surface area contributed by atoms with Gasteiger partial charge in [0.15, 0.2) is 0 Å². The minimum absolute atomic E-state index is 0.151. The van der Waals surface area contributed by atoms with E-state index in [2.05, 4.69) is 33.6 Å². The Bertz CT molecular complexity index is 859. The molecule has 3 rings (SSSR count). The summed E-state index contributed by atoms with van der Waals surface area (Å²) in [6.45, 7) is 3.07. The minimum Gasteiger partial charge on any atom is -0.362 e. The van der Waals surface area contributed by atoms with Gasteiger partial charge >= 0.3 is 0 Å². The van der Waals surface area contributed by atoms with E-state index < -0.39 is 0 Å². The number of aromatic nitrogens is 1. The van der Waals surface area contributed by atoms with Gasteiger partial charge in [-0.15, -0.1) is 0 Å². The van der Waals surface area contributed by atoms with Crippen LogP contribution in [0.4, 0.5) is 5.69 Å². The number of fused-ring (bicyclic) bond motifs is 1. The van der Waals surface area contributed by atoms with Crippen LogP contribution in [0.15, 0.2) is 35.4 Å². The van der Waals surface area contributed by atoms with E-state index in [-0.39, 0.29) is 12.5 Å². The number of hydrogen-bond donors (Lipinski definition) is 1. The van der Waals surface area contributed by atoms with Gasteiger partial charge in [0, 0.05) is 30.5 Å². The molecule has 1 aliphatic rings. The summed E-state index contributed by atoms with van der Waals surface area (Å²) < 4.78 is 1.80. The highest BCUT2D eigenvalue weighted by Crippen LogP contribution is 2.26. The van der Waals surface area contributed by atoms with E-state index in [1.165, 1.54) is 5.56 Å². The Morgan fingerprint density at radius 2 is 2.24 bits per heavy atom. The molecule has 6 heteroatoms. The van der Waals surface area contributed by atoms with Gasteiger partial charge in [0.2, 0.25) is 0 Å². The lowest BCUT2D eigenvalue weighted by atomic mass is 10.0. The average molecular weight is 335 g/mol. The molecule has 0 atom stereocenters. The van der Waals surface area contributed by atoms with Crippen molar-refractivity contribution < 1.29 is 4.79 Å². The number of rotatable bonds is 4. The van der Waals surface area contributed by atoms with Gasteiger partial charge in [0.05, 0.1) is 12.8 Å². The molecule has 1 N–H and O–H groups in total. The first-order valence-corrected chi connectivity index (χ1v) is 8.31. The summed E-state index contributed by atoms with van der Waals surface area (Å²) in [6, 6.07) is 12.1. The van der Waals surface area contributed by atoms with Crippen molar-refractivity contribution in [1.29, 1.82) is 5.26 Å². The first-order chi connectivity index (χ1) is 12.1. The van der Waals surface area contributed by atoms with Crippen LogP contribution in [0.5, 0.6) is 0 Å². The van der Waals surface area contributed by atoms with Crippen LogP contribution < -0.4 is 10.3 Å². The van der Waals surface area contributed by atoms with Crippen molar-refractivity contribution in [3.63, 3.8) is 0 Å². The molecule has 0 unspecified atom stereocenters. The molecule has 128 valence electrons. The fourth-order valence-corrected chi connectivity index (χ4v) is 3.12. The third-order valence-corrected chi connectivity index (χ3v) is 4.62. The molecule has 0 radical (unpaired) electrons. The molecule has 0 fully saturated rings. The normalized spacial score (nSPS) is 13.6. The maximum atomic E-state index is 12.2. The zero-order chi connectivity index (χ0) is 17.8. The highest BCUT2D eigenvalue weighted by Gasteiger charge is 2.18. The summed E-state index contributed by atoms with van der Waals surface area (Å²) >= 11 is 0. The van der Waals surface area contributed by atoms with E-state index in [9.17, 15) is 4.79 Å². The zero-order valence-electron chi connectivity index (χ0n) is 14.5. The number of nitriles is 1. The lowest BCUT2D eigenvalue weighted by Crippen LogP contribution is -2.38. The average Bonchev–Trinajstić information content (AvgIpc) is 2.90. The first kappa shape index (κ1) is 16.8. The quantitative estimate of drug-likeness (QED) is 0.687. The van der Waals surface area contributed by atoms with E-state index >= 15 is 0 Å². The van der Waals surface area contributed by atoms with Gasteiger partial charge in [-0.05, 0) is 37.5 Å². The van der Waals surface area contributed by atoms with Gasteiger partial charge in [-0.2, -0.15) is 10.4 Å². The van der Waals surface area contributed by atoms with E-state index in [0.717, 1.165) is 36.3 Å². The number of amides is 1. The SMILES string of the molecule is Cc1c(C=NNC(=O)CN2CCCc3ccccc32)cc(C#N)n1C. The van der Waals surface area contributed by atoms with Crippen LogP contribution in [0.25, 0.3) is 0 Å². The summed E-state index contributed by atoms with van der Waals surface area (Å²) in [6.07, 6.45) is 3.69. The third kappa shape index (κ3) is 3.56. The molecule has 0 saturated carbocycles. The van der Waals surface area contributed by atoms with E-state index in [4.69, 9.17) is 5.26 Å². The van der Waals surface area contributed by atoms with Crippen LogP contribution in [0.1, 0.15) is 28.9 Å². The van der Waals surface area contributed by atoms with Crippen molar-refractivity contribution >= 4 is 17.8 Å². The van der Waals surface area contributed by atoms with E-state index in [0.29, 0.717) is 5.69 Å².